The number of hydrogen-bond acceptors (Lipinski definition) is 3. The lowest BCUT2D eigenvalue weighted by Gasteiger charge is -2.28. The van der Waals surface area contributed by atoms with Gasteiger partial charge >= 0.3 is 0 Å². The number of piperidine rings is 1. The number of methoxy groups -OCH3 is 1. The lowest BCUT2D eigenvalue weighted by molar-refractivity contribution is -0.119. The monoisotopic (exact) mass is 318 g/mol. The number of ether oxygens (including phenoxy) is 1. The average molecular weight is 318 g/mol. The molecule has 1 aromatic rings. The molecule has 1 saturated heterocycles. The Morgan fingerprint density at radius 1 is 1.30 bits per heavy atom. The molecule has 0 spiro atoms. The summed E-state index contributed by atoms with van der Waals surface area (Å²) in [5, 5.41) is 2.89. The Hall–Kier alpha value is -2.04. The van der Waals surface area contributed by atoms with E-state index < -0.39 is 0 Å². The van der Waals surface area contributed by atoms with Gasteiger partial charge in [-0.05, 0) is 30.4 Å². The van der Waals surface area contributed by atoms with Crippen molar-refractivity contribution in [3.63, 3.8) is 0 Å². The van der Waals surface area contributed by atoms with E-state index in [1.807, 2.05) is 32.9 Å². The first-order valence-electron chi connectivity index (χ1n) is 8.08. The standard InChI is InChI=1S/C18H26N2O3/c1-18(2,3)12-16(21)19-13-8-9-14(15(11-13)23-4)20-10-6-5-7-17(20)22/h8-9,11H,5-7,10,12H2,1-4H3,(H,19,21). The molecular weight excluding hydrogens is 292 g/mol. The third kappa shape index (κ3) is 4.71. The fraction of sp³-hybridized carbons (Fsp3) is 0.556. The average Bonchev–Trinajstić information content (AvgIpc) is 2.46. The summed E-state index contributed by atoms with van der Waals surface area (Å²) in [5.74, 6) is 0.703. The molecule has 2 rings (SSSR count). The molecule has 0 aromatic heterocycles. The molecule has 0 bridgehead atoms. The molecule has 1 aliphatic rings. The molecule has 2 amide bonds. The summed E-state index contributed by atoms with van der Waals surface area (Å²) in [7, 11) is 1.58. The zero-order valence-electron chi connectivity index (χ0n) is 14.4. The number of nitrogens with zero attached hydrogens (tertiary/aromatic N) is 1. The van der Waals surface area contributed by atoms with Gasteiger partial charge in [-0.2, -0.15) is 0 Å². The van der Waals surface area contributed by atoms with Crippen LogP contribution in [0.25, 0.3) is 0 Å². The molecule has 1 fully saturated rings. The highest BCUT2D eigenvalue weighted by Crippen LogP contribution is 2.33. The molecule has 5 heteroatoms. The van der Waals surface area contributed by atoms with E-state index in [0.717, 1.165) is 18.5 Å². The van der Waals surface area contributed by atoms with E-state index in [9.17, 15) is 9.59 Å². The first-order valence-corrected chi connectivity index (χ1v) is 8.08. The van der Waals surface area contributed by atoms with Gasteiger partial charge in [0.15, 0.2) is 0 Å². The second kappa shape index (κ2) is 7.02. The summed E-state index contributed by atoms with van der Waals surface area (Å²) in [6.45, 7) is 6.79. The predicted molar refractivity (Wildman–Crippen MR) is 91.9 cm³/mol. The summed E-state index contributed by atoms with van der Waals surface area (Å²) in [5.41, 5.74) is 1.39. The first-order chi connectivity index (χ1) is 10.8. The van der Waals surface area contributed by atoms with Gasteiger partial charge in [-0.3, -0.25) is 9.59 Å². The zero-order chi connectivity index (χ0) is 17.0. The van der Waals surface area contributed by atoms with Gasteiger partial charge in [0.05, 0.1) is 12.8 Å². The van der Waals surface area contributed by atoms with Gasteiger partial charge in [-0.1, -0.05) is 20.8 Å². The molecule has 0 unspecified atom stereocenters. The molecule has 0 saturated carbocycles. The van der Waals surface area contributed by atoms with Gasteiger partial charge in [-0.25, -0.2) is 0 Å². The van der Waals surface area contributed by atoms with Crippen LogP contribution in [-0.4, -0.2) is 25.5 Å². The van der Waals surface area contributed by atoms with Crippen LogP contribution >= 0.6 is 0 Å². The second-order valence-electron chi connectivity index (χ2n) is 7.17. The molecule has 1 N–H and O–H groups in total. The van der Waals surface area contributed by atoms with E-state index >= 15 is 0 Å². The van der Waals surface area contributed by atoms with Crippen molar-refractivity contribution in [2.45, 2.75) is 46.5 Å². The third-order valence-corrected chi connectivity index (χ3v) is 3.77. The maximum Gasteiger partial charge on any atom is 0.227 e. The van der Waals surface area contributed by atoms with Crippen LogP contribution in [-0.2, 0) is 9.59 Å². The Bertz CT molecular complexity index is 590. The normalized spacial score (nSPS) is 15.5. The molecule has 126 valence electrons. The summed E-state index contributed by atoms with van der Waals surface area (Å²) < 4.78 is 5.42. The van der Waals surface area contributed by atoms with E-state index in [0.29, 0.717) is 30.8 Å². The molecule has 1 aromatic carbocycles. The number of amides is 2. The lowest BCUT2D eigenvalue weighted by atomic mass is 9.92. The summed E-state index contributed by atoms with van der Waals surface area (Å²) in [4.78, 5) is 25.9. The van der Waals surface area contributed by atoms with Crippen LogP contribution in [0.1, 0.15) is 46.5 Å². The highest BCUT2D eigenvalue weighted by atomic mass is 16.5. The van der Waals surface area contributed by atoms with Crippen LogP contribution in [0.4, 0.5) is 11.4 Å². The Morgan fingerprint density at radius 3 is 2.65 bits per heavy atom. The zero-order valence-corrected chi connectivity index (χ0v) is 14.4. The second-order valence-corrected chi connectivity index (χ2v) is 7.17. The Kier molecular flexibility index (Phi) is 5.29. The molecule has 0 aliphatic carbocycles. The fourth-order valence-electron chi connectivity index (χ4n) is 2.73. The van der Waals surface area contributed by atoms with Crippen molar-refractivity contribution in [3.05, 3.63) is 18.2 Å². The highest BCUT2D eigenvalue weighted by Gasteiger charge is 2.23. The lowest BCUT2D eigenvalue weighted by Crippen LogP contribution is -2.35. The molecule has 23 heavy (non-hydrogen) atoms. The Balaban J connectivity index is 2.16. The van der Waals surface area contributed by atoms with Crippen molar-refractivity contribution in [1.29, 1.82) is 0 Å². The van der Waals surface area contributed by atoms with Crippen molar-refractivity contribution in [2.75, 3.05) is 23.9 Å². The number of benzene rings is 1. The van der Waals surface area contributed by atoms with E-state index in [-0.39, 0.29) is 17.2 Å². The summed E-state index contributed by atoms with van der Waals surface area (Å²) in [6.07, 6.45) is 2.96. The van der Waals surface area contributed by atoms with Crippen molar-refractivity contribution in [1.82, 2.24) is 0 Å². The Labute approximate surface area is 138 Å². The Morgan fingerprint density at radius 2 is 2.04 bits per heavy atom. The third-order valence-electron chi connectivity index (χ3n) is 3.77. The van der Waals surface area contributed by atoms with Gasteiger partial charge in [0.2, 0.25) is 11.8 Å². The number of hydrogen-bond donors (Lipinski definition) is 1. The minimum Gasteiger partial charge on any atom is -0.494 e. The smallest absolute Gasteiger partial charge is 0.227 e. The number of nitrogens with one attached hydrogen (secondary N) is 1. The van der Waals surface area contributed by atoms with Crippen molar-refractivity contribution < 1.29 is 14.3 Å². The first kappa shape index (κ1) is 17.3. The maximum atomic E-state index is 12.1. The van der Waals surface area contributed by atoms with E-state index in [1.54, 1.807) is 18.1 Å². The molecular formula is C18H26N2O3. The predicted octanol–water partition coefficient (Wildman–Crippen LogP) is 3.59. The van der Waals surface area contributed by atoms with Crippen LogP contribution in [0.2, 0.25) is 0 Å². The number of anilines is 2. The quantitative estimate of drug-likeness (QED) is 0.923. The SMILES string of the molecule is COc1cc(NC(=O)CC(C)(C)C)ccc1N1CCCCC1=O. The minimum absolute atomic E-state index is 0.0265. The van der Waals surface area contributed by atoms with Crippen LogP contribution in [0, 0.1) is 5.41 Å². The summed E-state index contributed by atoms with van der Waals surface area (Å²) >= 11 is 0. The minimum atomic E-state index is -0.0612. The van der Waals surface area contributed by atoms with E-state index in [4.69, 9.17) is 4.74 Å². The van der Waals surface area contributed by atoms with Crippen LogP contribution < -0.4 is 15.0 Å². The van der Waals surface area contributed by atoms with Crippen molar-refractivity contribution in [3.8, 4) is 5.75 Å². The largest absolute Gasteiger partial charge is 0.494 e. The maximum absolute atomic E-state index is 12.1. The van der Waals surface area contributed by atoms with Crippen molar-refractivity contribution in [2.24, 2.45) is 5.41 Å². The number of carbonyl (C=O) groups excluding carboxylic acids is 2. The van der Waals surface area contributed by atoms with E-state index in [2.05, 4.69) is 5.32 Å². The molecule has 5 nitrogen and oxygen atoms in total. The summed E-state index contributed by atoms with van der Waals surface area (Å²) in [6, 6.07) is 5.44. The number of carbonyl (C=O) groups is 2. The topological polar surface area (TPSA) is 58.6 Å². The van der Waals surface area contributed by atoms with Gasteiger partial charge < -0.3 is 15.0 Å². The highest BCUT2D eigenvalue weighted by molar-refractivity contribution is 5.97. The van der Waals surface area contributed by atoms with Crippen molar-refractivity contribution >= 4 is 23.2 Å². The van der Waals surface area contributed by atoms with Gasteiger partial charge in [-0.15, -0.1) is 0 Å². The van der Waals surface area contributed by atoms with Gasteiger partial charge in [0.1, 0.15) is 5.75 Å². The molecule has 1 heterocycles. The van der Waals surface area contributed by atoms with Gasteiger partial charge in [0.25, 0.3) is 0 Å². The molecule has 1 aliphatic heterocycles. The molecule has 0 radical (unpaired) electrons. The van der Waals surface area contributed by atoms with Crippen LogP contribution in [0.3, 0.4) is 0 Å². The van der Waals surface area contributed by atoms with Gasteiger partial charge in [0, 0.05) is 31.1 Å². The fourth-order valence-corrected chi connectivity index (χ4v) is 2.73. The van der Waals surface area contributed by atoms with Crippen LogP contribution in [0.15, 0.2) is 18.2 Å². The van der Waals surface area contributed by atoms with Crippen LogP contribution in [0.5, 0.6) is 5.75 Å². The number of rotatable bonds is 4. The molecule has 0 atom stereocenters. The van der Waals surface area contributed by atoms with E-state index in [1.165, 1.54) is 0 Å².